The number of aromatic nitrogens is 1. The van der Waals surface area contributed by atoms with E-state index in [1.165, 1.54) is 68.9 Å². The lowest BCUT2D eigenvalue weighted by molar-refractivity contribution is -0.141. The van der Waals surface area contributed by atoms with Gasteiger partial charge in [0.1, 0.15) is 0 Å². The second-order valence-electron chi connectivity index (χ2n) is 10.2. The number of hydrogen-bond donors (Lipinski definition) is 0. The molecule has 1 aromatic carbocycles. The fraction of sp³-hybridized carbons (Fsp3) is 0.667. The van der Waals surface area contributed by atoms with Crippen LogP contribution in [0.3, 0.4) is 0 Å². The number of hydrogen-bond acceptors (Lipinski definition) is 4. The summed E-state index contributed by atoms with van der Waals surface area (Å²) in [4.78, 5) is 17.4. The van der Waals surface area contributed by atoms with Gasteiger partial charge in [-0.3, -0.25) is 14.6 Å². The van der Waals surface area contributed by atoms with Crippen molar-refractivity contribution >= 4 is 16.9 Å². The molecule has 3 saturated heterocycles. The summed E-state index contributed by atoms with van der Waals surface area (Å²) in [6.07, 6.45) is 10.3. The van der Waals surface area contributed by atoms with Crippen LogP contribution in [0.2, 0.25) is 0 Å². The molecule has 4 atom stereocenters. The third-order valence-corrected chi connectivity index (χ3v) is 8.47. The molecule has 1 aromatic heterocycles. The third-order valence-electron chi connectivity index (χ3n) is 8.47. The molecular weight excluding hydrogens is 398 g/mol. The molecule has 3 fully saturated rings. The molecule has 0 unspecified atom stereocenters. The fourth-order valence-corrected chi connectivity index (χ4v) is 7.15. The van der Waals surface area contributed by atoms with E-state index in [1.54, 1.807) is 0 Å². The zero-order valence-electron chi connectivity index (χ0n) is 19.8. The van der Waals surface area contributed by atoms with E-state index in [-0.39, 0.29) is 5.97 Å². The Kier molecular flexibility index (Phi) is 6.56. The van der Waals surface area contributed by atoms with E-state index in [0.29, 0.717) is 12.5 Å². The number of carbonyl (C=O) groups is 1. The first-order chi connectivity index (χ1) is 15.7. The molecule has 3 aliphatic heterocycles. The number of benzene rings is 1. The van der Waals surface area contributed by atoms with Gasteiger partial charge in [-0.2, -0.15) is 0 Å². The van der Waals surface area contributed by atoms with E-state index >= 15 is 0 Å². The van der Waals surface area contributed by atoms with Crippen LogP contribution in [0.5, 0.6) is 0 Å². The number of nitrogens with zero attached hydrogens (tertiary/aromatic N) is 3. The van der Waals surface area contributed by atoms with Crippen molar-refractivity contribution in [1.82, 2.24) is 14.4 Å². The molecule has 0 spiro atoms. The predicted octanol–water partition coefficient (Wildman–Crippen LogP) is 4.68. The number of para-hydroxylation sites is 1. The minimum Gasteiger partial charge on any atom is -0.469 e. The Balaban J connectivity index is 1.42. The standard InChI is InChI=1S/C27H39N3O2/c1-3-28-18-21(22-10-4-5-12-24(22)28)19-30-17-20-9-7-15-29-16-8-11-23(27(20)29)25(30)13-6-14-26(31)32-2/h4-5,10,12,18,20,23,25,27H,3,6-9,11,13-17,19H2,1-2H3/t20-,23-,25-,27+/m1/s1. The van der Waals surface area contributed by atoms with Crippen LogP contribution in [-0.4, -0.2) is 59.2 Å². The topological polar surface area (TPSA) is 37.7 Å². The molecule has 0 saturated carbocycles. The lowest BCUT2D eigenvalue weighted by Crippen LogP contribution is -2.64. The molecule has 5 nitrogen and oxygen atoms in total. The first kappa shape index (κ1) is 22.0. The normalized spacial score (nSPS) is 28.6. The van der Waals surface area contributed by atoms with E-state index < -0.39 is 0 Å². The lowest BCUT2D eigenvalue weighted by Gasteiger charge is -2.57. The number of methoxy groups -OCH3 is 1. The van der Waals surface area contributed by atoms with Gasteiger partial charge in [-0.25, -0.2) is 0 Å². The van der Waals surface area contributed by atoms with Crippen LogP contribution in [0, 0.1) is 11.8 Å². The SMILES string of the molecule is CCn1cc(CN2C[C@H]3CCCN4CCC[C@@H]([C@H]34)[C@H]2CCCC(=O)OC)c2ccccc21. The highest BCUT2D eigenvalue weighted by molar-refractivity contribution is 5.83. The maximum absolute atomic E-state index is 11.8. The Morgan fingerprint density at radius 2 is 1.97 bits per heavy atom. The molecule has 3 aliphatic rings. The van der Waals surface area contributed by atoms with Crippen LogP contribution < -0.4 is 0 Å². The lowest BCUT2D eigenvalue weighted by atomic mass is 9.69. The van der Waals surface area contributed by atoms with E-state index in [4.69, 9.17) is 4.74 Å². The zero-order chi connectivity index (χ0) is 22.1. The highest BCUT2D eigenvalue weighted by Crippen LogP contribution is 2.44. The average Bonchev–Trinajstić information content (AvgIpc) is 3.18. The van der Waals surface area contributed by atoms with Gasteiger partial charge in [-0.05, 0) is 82.0 Å². The maximum Gasteiger partial charge on any atom is 0.305 e. The van der Waals surface area contributed by atoms with Crippen LogP contribution in [0.4, 0.5) is 0 Å². The molecule has 5 heteroatoms. The monoisotopic (exact) mass is 437 g/mol. The zero-order valence-corrected chi connectivity index (χ0v) is 19.8. The number of fused-ring (bicyclic) bond motifs is 1. The maximum atomic E-state index is 11.8. The molecule has 5 rings (SSSR count). The van der Waals surface area contributed by atoms with Crippen molar-refractivity contribution < 1.29 is 9.53 Å². The Bertz CT molecular complexity index is 936. The number of ether oxygens (including phenoxy) is 1. The van der Waals surface area contributed by atoms with E-state index in [0.717, 1.165) is 43.8 Å². The number of carbonyl (C=O) groups excluding carboxylic acids is 1. The minimum atomic E-state index is -0.0702. The summed E-state index contributed by atoms with van der Waals surface area (Å²) in [5.41, 5.74) is 2.81. The second kappa shape index (κ2) is 9.56. The van der Waals surface area contributed by atoms with Crippen molar-refractivity contribution in [2.75, 3.05) is 26.7 Å². The molecule has 32 heavy (non-hydrogen) atoms. The summed E-state index contributed by atoms with van der Waals surface area (Å²) in [6, 6.07) is 10.2. The van der Waals surface area contributed by atoms with Crippen molar-refractivity contribution in [2.45, 2.75) is 77.0 Å². The molecular formula is C27H39N3O2. The molecule has 0 bridgehead atoms. The van der Waals surface area contributed by atoms with Crippen molar-refractivity contribution in [3.8, 4) is 0 Å². The Morgan fingerprint density at radius 3 is 2.78 bits per heavy atom. The van der Waals surface area contributed by atoms with Gasteiger partial charge in [-0.15, -0.1) is 0 Å². The molecule has 0 aliphatic carbocycles. The molecule has 174 valence electrons. The van der Waals surface area contributed by atoms with Gasteiger partial charge in [0, 0.05) is 55.2 Å². The summed E-state index contributed by atoms with van der Waals surface area (Å²) in [5.74, 6) is 1.46. The first-order valence-corrected chi connectivity index (χ1v) is 12.8. The van der Waals surface area contributed by atoms with Gasteiger partial charge in [0.05, 0.1) is 7.11 Å². The first-order valence-electron chi connectivity index (χ1n) is 12.8. The molecule has 0 N–H and O–H groups in total. The second-order valence-corrected chi connectivity index (χ2v) is 10.2. The Labute approximate surface area is 192 Å². The van der Waals surface area contributed by atoms with Gasteiger partial charge in [-0.1, -0.05) is 18.2 Å². The molecule has 4 heterocycles. The largest absolute Gasteiger partial charge is 0.469 e. The molecule has 0 radical (unpaired) electrons. The molecule has 2 aromatic rings. The van der Waals surface area contributed by atoms with Gasteiger partial charge >= 0.3 is 5.97 Å². The van der Waals surface area contributed by atoms with Gasteiger partial charge < -0.3 is 9.30 Å². The van der Waals surface area contributed by atoms with Crippen LogP contribution in [0.15, 0.2) is 30.5 Å². The van der Waals surface area contributed by atoms with E-state index in [9.17, 15) is 4.79 Å². The van der Waals surface area contributed by atoms with Gasteiger partial charge in [0.15, 0.2) is 0 Å². The number of likely N-dealkylation sites (tertiary alicyclic amines) is 1. The predicted molar refractivity (Wildman–Crippen MR) is 128 cm³/mol. The highest BCUT2D eigenvalue weighted by Gasteiger charge is 2.48. The number of aryl methyl sites for hydroxylation is 1. The fourth-order valence-electron chi connectivity index (χ4n) is 7.15. The number of esters is 1. The van der Waals surface area contributed by atoms with Crippen LogP contribution in [0.1, 0.15) is 57.4 Å². The van der Waals surface area contributed by atoms with Crippen molar-refractivity contribution in [1.29, 1.82) is 0 Å². The Morgan fingerprint density at radius 1 is 1.16 bits per heavy atom. The highest BCUT2D eigenvalue weighted by atomic mass is 16.5. The number of rotatable bonds is 7. The van der Waals surface area contributed by atoms with Crippen LogP contribution >= 0.6 is 0 Å². The summed E-state index contributed by atoms with van der Waals surface area (Å²) in [5, 5.41) is 1.40. The summed E-state index contributed by atoms with van der Waals surface area (Å²) < 4.78 is 7.32. The summed E-state index contributed by atoms with van der Waals surface area (Å²) in [6.45, 7) is 8.04. The number of piperidine rings is 3. The van der Waals surface area contributed by atoms with Crippen molar-refractivity contribution in [3.63, 3.8) is 0 Å². The van der Waals surface area contributed by atoms with Gasteiger partial charge in [0.2, 0.25) is 0 Å². The van der Waals surface area contributed by atoms with Crippen molar-refractivity contribution in [3.05, 3.63) is 36.0 Å². The van der Waals surface area contributed by atoms with E-state index in [2.05, 4.69) is 51.8 Å². The quantitative estimate of drug-likeness (QED) is 0.590. The third kappa shape index (κ3) is 4.10. The summed E-state index contributed by atoms with van der Waals surface area (Å²) >= 11 is 0. The average molecular weight is 438 g/mol. The summed E-state index contributed by atoms with van der Waals surface area (Å²) in [7, 11) is 1.50. The van der Waals surface area contributed by atoms with Crippen LogP contribution in [0.25, 0.3) is 10.9 Å². The van der Waals surface area contributed by atoms with Crippen LogP contribution in [-0.2, 0) is 22.6 Å². The Hall–Kier alpha value is -1.85. The smallest absolute Gasteiger partial charge is 0.305 e. The van der Waals surface area contributed by atoms with Gasteiger partial charge in [0.25, 0.3) is 0 Å². The van der Waals surface area contributed by atoms with Crippen molar-refractivity contribution in [2.24, 2.45) is 11.8 Å². The molecule has 0 amide bonds. The minimum absolute atomic E-state index is 0.0702. The van der Waals surface area contributed by atoms with E-state index in [1.807, 2.05) is 0 Å².